The van der Waals surface area contributed by atoms with Gasteiger partial charge in [-0.3, -0.25) is 4.98 Å². The van der Waals surface area contributed by atoms with Gasteiger partial charge >= 0.3 is 0 Å². The number of anilines is 1. The maximum absolute atomic E-state index is 5.93. The number of hydrogen-bond acceptors (Lipinski definition) is 3. The molecule has 0 aliphatic heterocycles. The lowest BCUT2D eigenvalue weighted by atomic mass is 9.48. The summed E-state index contributed by atoms with van der Waals surface area (Å²) in [5, 5.41) is 4.05. The highest BCUT2D eigenvalue weighted by Crippen LogP contribution is 2.61. The van der Waals surface area contributed by atoms with Gasteiger partial charge in [0.1, 0.15) is 11.0 Å². The predicted octanol–water partition coefficient (Wildman–Crippen LogP) is 4.15. The van der Waals surface area contributed by atoms with Crippen LogP contribution in [0.15, 0.2) is 12.4 Å². The Morgan fingerprint density at radius 1 is 1.15 bits per heavy atom. The van der Waals surface area contributed by atoms with Crippen molar-refractivity contribution in [3.8, 4) is 0 Å². The van der Waals surface area contributed by atoms with Crippen molar-refractivity contribution < 1.29 is 0 Å². The van der Waals surface area contributed by atoms with E-state index in [1.807, 2.05) is 0 Å². The molecule has 1 N–H and O–H groups in total. The summed E-state index contributed by atoms with van der Waals surface area (Å²) in [6.45, 7) is 2.33. The number of rotatable bonds is 3. The average molecular weight is 292 g/mol. The molecule has 0 aromatic carbocycles. The van der Waals surface area contributed by atoms with Gasteiger partial charge in [0.2, 0.25) is 0 Å². The minimum atomic E-state index is 0.462. The highest BCUT2D eigenvalue weighted by Gasteiger charge is 2.53. The molecular formula is C16H22ClN3. The Morgan fingerprint density at radius 3 is 2.30 bits per heavy atom. The van der Waals surface area contributed by atoms with E-state index in [-0.39, 0.29) is 0 Å². The normalized spacial score (nSPS) is 39.8. The van der Waals surface area contributed by atoms with Gasteiger partial charge in [-0.2, -0.15) is 0 Å². The fourth-order valence-electron chi connectivity index (χ4n) is 5.49. The van der Waals surface area contributed by atoms with E-state index in [0.29, 0.717) is 16.6 Å². The third-order valence-corrected chi connectivity index (χ3v) is 6.16. The smallest absolute Gasteiger partial charge is 0.149 e. The van der Waals surface area contributed by atoms with E-state index in [2.05, 4.69) is 22.2 Å². The molecule has 0 amide bonds. The molecule has 108 valence electrons. The van der Waals surface area contributed by atoms with E-state index in [1.54, 1.807) is 12.4 Å². The van der Waals surface area contributed by atoms with Crippen LogP contribution in [0.5, 0.6) is 0 Å². The SMILES string of the molecule is CC(Nc1cncc(Cl)n1)C12CC3CC(CC(C3)C1)C2. The van der Waals surface area contributed by atoms with Gasteiger partial charge in [-0.15, -0.1) is 0 Å². The van der Waals surface area contributed by atoms with Crippen molar-refractivity contribution in [2.45, 2.75) is 51.5 Å². The maximum atomic E-state index is 5.93. The molecule has 4 heteroatoms. The fourth-order valence-corrected chi connectivity index (χ4v) is 5.64. The molecule has 4 bridgehead atoms. The van der Waals surface area contributed by atoms with Crippen LogP contribution in [0.4, 0.5) is 5.82 Å². The van der Waals surface area contributed by atoms with Crippen molar-refractivity contribution in [3.63, 3.8) is 0 Å². The lowest BCUT2D eigenvalue weighted by Gasteiger charge is -2.59. The molecule has 1 atom stereocenters. The van der Waals surface area contributed by atoms with Gasteiger partial charge < -0.3 is 5.32 Å². The molecule has 4 aliphatic rings. The van der Waals surface area contributed by atoms with Gasteiger partial charge in [0.25, 0.3) is 0 Å². The van der Waals surface area contributed by atoms with Crippen LogP contribution in [-0.4, -0.2) is 16.0 Å². The van der Waals surface area contributed by atoms with Crippen LogP contribution in [0.1, 0.15) is 45.4 Å². The topological polar surface area (TPSA) is 37.8 Å². The molecule has 4 fully saturated rings. The van der Waals surface area contributed by atoms with Crippen LogP contribution >= 0.6 is 11.6 Å². The number of nitrogens with one attached hydrogen (secondary N) is 1. The first-order valence-corrected chi connectivity index (χ1v) is 8.25. The second kappa shape index (κ2) is 4.59. The molecule has 3 nitrogen and oxygen atoms in total. The van der Waals surface area contributed by atoms with Crippen LogP contribution < -0.4 is 5.32 Å². The summed E-state index contributed by atoms with van der Waals surface area (Å²) in [6.07, 6.45) is 12.0. The quantitative estimate of drug-likeness (QED) is 0.909. The molecule has 4 saturated carbocycles. The molecule has 1 aromatic rings. The van der Waals surface area contributed by atoms with Gasteiger partial charge in [0, 0.05) is 6.04 Å². The number of nitrogens with zero attached hydrogens (tertiary/aromatic N) is 2. The largest absolute Gasteiger partial charge is 0.366 e. The third-order valence-electron chi connectivity index (χ3n) is 5.97. The molecule has 1 aromatic heterocycles. The average Bonchev–Trinajstić information content (AvgIpc) is 2.37. The molecule has 0 spiro atoms. The van der Waals surface area contributed by atoms with Crippen molar-refractivity contribution in [2.75, 3.05) is 5.32 Å². The third kappa shape index (κ3) is 2.11. The van der Waals surface area contributed by atoms with E-state index in [0.717, 1.165) is 23.6 Å². The zero-order valence-corrected chi connectivity index (χ0v) is 12.7. The highest BCUT2D eigenvalue weighted by atomic mass is 35.5. The summed E-state index contributed by atoms with van der Waals surface area (Å²) in [5.74, 6) is 3.77. The molecule has 1 heterocycles. The van der Waals surface area contributed by atoms with Crippen molar-refractivity contribution in [1.82, 2.24) is 9.97 Å². The molecule has 5 rings (SSSR count). The Bertz CT molecular complexity index is 481. The Kier molecular flexibility index (Phi) is 2.95. The van der Waals surface area contributed by atoms with Crippen molar-refractivity contribution in [1.29, 1.82) is 0 Å². The molecule has 4 aliphatic carbocycles. The van der Waals surface area contributed by atoms with E-state index in [9.17, 15) is 0 Å². The summed E-state index contributed by atoms with van der Waals surface area (Å²) >= 11 is 5.93. The Morgan fingerprint density at radius 2 is 1.75 bits per heavy atom. The summed E-state index contributed by atoms with van der Waals surface area (Å²) in [5.41, 5.74) is 0.485. The van der Waals surface area contributed by atoms with Crippen molar-refractivity contribution >= 4 is 17.4 Å². The second-order valence-electron chi connectivity index (χ2n) is 7.37. The first kappa shape index (κ1) is 12.9. The molecule has 0 saturated heterocycles. The van der Waals surface area contributed by atoms with E-state index >= 15 is 0 Å². The molecule has 0 radical (unpaired) electrons. The van der Waals surface area contributed by atoms with Crippen LogP contribution in [0.2, 0.25) is 5.15 Å². The minimum absolute atomic E-state index is 0.462. The lowest BCUT2D eigenvalue weighted by molar-refractivity contribution is -0.0603. The van der Waals surface area contributed by atoms with E-state index in [1.165, 1.54) is 38.5 Å². The van der Waals surface area contributed by atoms with Crippen LogP contribution in [0.3, 0.4) is 0 Å². The van der Waals surface area contributed by atoms with Gasteiger partial charge in [-0.1, -0.05) is 11.6 Å². The molecule has 1 unspecified atom stereocenters. The minimum Gasteiger partial charge on any atom is -0.366 e. The fraction of sp³-hybridized carbons (Fsp3) is 0.750. The lowest BCUT2D eigenvalue weighted by Crippen LogP contribution is -2.53. The predicted molar refractivity (Wildman–Crippen MR) is 80.7 cm³/mol. The second-order valence-corrected chi connectivity index (χ2v) is 7.76. The summed E-state index contributed by atoms with van der Waals surface area (Å²) in [7, 11) is 0. The Labute approximate surface area is 125 Å². The standard InChI is InChI=1S/C16H22ClN3/c1-10(19-15-9-18-8-14(17)20-15)16-5-11-2-12(6-16)4-13(3-11)7-16/h8-13H,2-7H2,1H3,(H,19,20). The van der Waals surface area contributed by atoms with Crippen LogP contribution in [0, 0.1) is 23.2 Å². The number of aromatic nitrogens is 2. The number of halogens is 1. The maximum Gasteiger partial charge on any atom is 0.149 e. The van der Waals surface area contributed by atoms with Gasteiger partial charge in [-0.25, -0.2) is 4.98 Å². The van der Waals surface area contributed by atoms with Gasteiger partial charge in [0.15, 0.2) is 0 Å². The van der Waals surface area contributed by atoms with Crippen molar-refractivity contribution in [2.24, 2.45) is 23.2 Å². The monoisotopic (exact) mass is 291 g/mol. The first-order chi connectivity index (χ1) is 9.63. The Balaban J connectivity index is 1.54. The van der Waals surface area contributed by atoms with Gasteiger partial charge in [-0.05, 0) is 68.6 Å². The summed E-state index contributed by atoms with van der Waals surface area (Å²) < 4.78 is 0. The van der Waals surface area contributed by atoms with Crippen molar-refractivity contribution in [3.05, 3.63) is 17.5 Å². The summed E-state index contributed by atoms with van der Waals surface area (Å²) in [4.78, 5) is 8.46. The van der Waals surface area contributed by atoms with Crippen LogP contribution in [-0.2, 0) is 0 Å². The first-order valence-electron chi connectivity index (χ1n) is 7.87. The van der Waals surface area contributed by atoms with Gasteiger partial charge in [0.05, 0.1) is 12.4 Å². The van der Waals surface area contributed by atoms with E-state index in [4.69, 9.17) is 11.6 Å². The zero-order valence-electron chi connectivity index (χ0n) is 12.0. The van der Waals surface area contributed by atoms with Crippen LogP contribution in [0.25, 0.3) is 0 Å². The Hall–Kier alpha value is -0.830. The molecule has 20 heavy (non-hydrogen) atoms. The number of hydrogen-bond donors (Lipinski definition) is 1. The molecular weight excluding hydrogens is 270 g/mol. The highest BCUT2D eigenvalue weighted by molar-refractivity contribution is 6.29. The zero-order chi connectivity index (χ0) is 13.7. The summed E-state index contributed by atoms with van der Waals surface area (Å²) in [6, 6.07) is 0.462. The van der Waals surface area contributed by atoms with E-state index < -0.39 is 0 Å².